The molecule has 0 saturated heterocycles. The summed E-state index contributed by atoms with van der Waals surface area (Å²) in [6.45, 7) is 0. The number of phenols is 7. The van der Waals surface area contributed by atoms with Crippen molar-refractivity contribution in [1.29, 1.82) is 0 Å². The lowest BCUT2D eigenvalue weighted by atomic mass is 9.77. The maximum absolute atomic E-state index is 11.8. The number of fused-ring (bicyclic) bond motifs is 2. The fourth-order valence-electron chi connectivity index (χ4n) is 5.93. The van der Waals surface area contributed by atoms with E-state index in [2.05, 4.69) is 0 Å². The third-order valence-electron chi connectivity index (χ3n) is 7.84. The molecule has 6 rings (SSSR count). The lowest BCUT2D eigenvalue weighted by Crippen LogP contribution is -2.36. The first-order chi connectivity index (χ1) is 20.5. The van der Waals surface area contributed by atoms with Crippen molar-refractivity contribution in [3.05, 3.63) is 82.4 Å². The fourth-order valence-corrected chi connectivity index (χ4v) is 5.93. The van der Waals surface area contributed by atoms with E-state index in [-0.39, 0.29) is 57.4 Å². The molecular weight excluding hydrogens is 564 g/mol. The highest BCUT2D eigenvalue weighted by atomic mass is 16.5. The Kier molecular flexibility index (Phi) is 6.67. The molecule has 5 atom stereocenters. The minimum atomic E-state index is -1.50. The normalized spacial score (nSPS) is 22.5. The first-order valence-electron chi connectivity index (χ1n) is 13.2. The summed E-state index contributed by atoms with van der Waals surface area (Å²) in [5.74, 6) is -4.16. The van der Waals surface area contributed by atoms with Crippen LogP contribution in [0.25, 0.3) is 0 Å². The second-order valence-corrected chi connectivity index (χ2v) is 10.5. The van der Waals surface area contributed by atoms with Crippen molar-refractivity contribution in [3.63, 3.8) is 0 Å². The van der Waals surface area contributed by atoms with Crippen molar-refractivity contribution in [2.24, 2.45) is 0 Å². The standard InChI is InChI=1S/C31H28O12/c1-41-31-20(37)6-13(7-21(31)38)28-22(39)10-16-17(34)11-19(36)25(30(16)43-28)26-24-18(35)8-15(33)9-23(24)42-29(27(26)40)12-2-4-14(32)5-3-12/h2-9,11,22,26-29,32-40H,10H2,1H3/t22-,26-,27+,28+,29+/m0/s1. The number of aromatic hydroxyl groups is 7. The summed E-state index contributed by atoms with van der Waals surface area (Å²) in [5, 5.41) is 96.5. The van der Waals surface area contributed by atoms with Gasteiger partial charge >= 0.3 is 0 Å². The first kappa shape index (κ1) is 27.9. The zero-order chi connectivity index (χ0) is 30.7. The van der Waals surface area contributed by atoms with Crippen LogP contribution in [0.2, 0.25) is 0 Å². The maximum atomic E-state index is 11.8. The Morgan fingerprint density at radius 1 is 0.651 bits per heavy atom. The maximum Gasteiger partial charge on any atom is 0.202 e. The molecule has 0 fully saturated rings. The molecule has 2 aliphatic rings. The van der Waals surface area contributed by atoms with E-state index in [1.54, 1.807) is 0 Å². The third-order valence-corrected chi connectivity index (χ3v) is 7.84. The molecule has 0 aromatic heterocycles. The van der Waals surface area contributed by atoms with Crippen molar-refractivity contribution in [2.45, 2.75) is 36.8 Å². The summed E-state index contributed by atoms with van der Waals surface area (Å²) in [4.78, 5) is 0. The van der Waals surface area contributed by atoms with Crippen LogP contribution in [0.5, 0.6) is 57.5 Å². The van der Waals surface area contributed by atoms with Gasteiger partial charge in [-0.15, -0.1) is 0 Å². The summed E-state index contributed by atoms with van der Waals surface area (Å²) >= 11 is 0. The molecule has 0 saturated carbocycles. The number of hydrogen-bond donors (Lipinski definition) is 9. The summed E-state index contributed by atoms with van der Waals surface area (Å²) < 4.78 is 17.2. The van der Waals surface area contributed by atoms with Crippen LogP contribution < -0.4 is 14.2 Å². The Hall–Kier alpha value is -5.20. The lowest BCUT2D eigenvalue weighted by molar-refractivity contribution is 0.00119. The van der Waals surface area contributed by atoms with Gasteiger partial charge in [0.05, 0.1) is 19.1 Å². The number of hydrogen-bond acceptors (Lipinski definition) is 12. The number of ether oxygens (including phenoxy) is 3. The summed E-state index contributed by atoms with van der Waals surface area (Å²) in [6, 6.07) is 11.6. The van der Waals surface area contributed by atoms with E-state index in [0.29, 0.717) is 5.56 Å². The van der Waals surface area contributed by atoms with Crippen LogP contribution in [0.1, 0.15) is 45.9 Å². The molecule has 0 bridgehead atoms. The Balaban J connectivity index is 1.54. The highest BCUT2D eigenvalue weighted by molar-refractivity contribution is 5.66. The largest absolute Gasteiger partial charge is 0.508 e. The van der Waals surface area contributed by atoms with E-state index in [1.807, 2.05) is 0 Å². The number of rotatable bonds is 4. The third kappa shape index (κ3) is 4.57. The molecule has 12 nitrogen and oxygen atoms in total. The zero-order valence-electron chi connectivity index (χ0n) is 22.5. The van der Waals surface area contributed by atoms with E-state index in [9.17, 15) is 46.0 Å². The van der Waals surface area contributed by atoms with E-state index in [0.717, 1.165) is 12.1 Å². The van der Waals surface area contributed by atoms with Gasteiger partial charge in [-0.1, -0.05) is 12.1 Å². The first-order valence-corrected chi connectivity index (χ1v) is 13.2. The quantitative estimate of drug-likeness (QED) is 0.167. The van der Waals surface area contributed by atoms with Crippen molar-refractivity contribution in [1.82, 2.24) is 0 Å². The number of methoxy groups -OCH3 is 1. The fraction of sp³-hybridized carbons (Fsp3) is 0.226. The highest BCUT2D eigenvalue weighted by Crippen LogP contribution is 2.57. The molecule has 43 heavy (non-hydrogen) atoms. The van der Waals surface area contributed by atoms with Gasteiger partial charge in [0.2, 0.25) is 5.75 Å². The highest BCUT2D eigenvalue weighted by Gasteiger charge is 2.46. The van der Waals surface area contributed by atoms with Gasteiger partial charge in [-0.05, 0) is 29.8 Å². The molecule has 2 heterocycles. The predicted molar refractivity (Wildman–Crippen MR) is 148 cm³/mol. The van der Waals surface area contributed by atoms with Crippen LogP contribution >= 0.6 is 0 Å². The zero-order valence-corrected chi connectivity index (χ0v) is 22.5. The molecule has 2 aliphatic heterocycles. The number of aliphatic hydroxyl groups excluding tert-OH is 2. The van der Waals surface area contributed by atoms with Crippen molar-refractivity contribution >= 4 is 0 Å². The molecule has 0 amide bonds. The number of phenolic OH excluding ortho intramolecular Hbond substituents is 7. The van der Waals surface area contributed by atoms with Crippen LogP contribution in [0, 0.1) is 0 Å². The summed E-state index contributed by atoms with van der Waals surface area (Å²) in [5.41, 5.74) is 0.612. The van der Waals surface area contributed by atoms with Crippen molar-refractivity contribution in [3.8, 4) is 57.5 Å². The molecular formula is C31H28O12. The minimum Gasteiger partial charge on any atom is -0.508 e. The Bertz CT molecular complexity index is 1690. The molecule has 224 valence electrons. The monoisotopic (exact) mass is 592 g/mol. The van der Waals surface area contributed by atoms with Crippen LogP contribution in [-0.2, 0) is 6.42 Å². The van der Waals surface area contributed by atoms with Gasteiger partial charge in [0, 0.05) is 46.9 Å². The topological polar surface area (TPSA) is 210 Å². The number of aliphatic hydroxyl groups is 2. The van der Waals surface area contributed by atoms with Crippen molar-refractivity contribution < 1.29 is 60.2 Å². The SMILES string of the molecule is COc1c(O)cc([C@H]2Oc3c(c(O)cc(O)c3[C@@H]3c4c(O)cc(O)cc4O[C@H](c4ccc(O)cc4)[C@@H]3O)C[C@@H]2O)cc1O. The molecule has 0 aliphatic carbocycles. The molecule has 0 unspecified atom stereocenters. The molecule has 12 heteroatoms. The van der Waals surface area contributed by atoms with Gasteiger partial charge in [-0.25, -0.2) is 0 Å². The van der Waals surface area contributed by atoms with Gasteiger partial charge in [-0.3, -0.25) is 0 Å². The van der Waals surface area contributed by atoms with E-state index in [1.165, 1.54) is 49.6 Å². The number of benzene rings is 4. The van der Waals surface area contributed by atoms with E-state index in [4.69, 9.17) is 14.2 Å². The van der Waals surface area contributed by atoms with Gasteiger partial charge in [0.1, 0.15) is 46.4 Å². The second-order valence-electron chi connectivity index (χ2n) is 10.5. The van der Waals surface area contributed by atoms with Gasteiger partial charge in [0.25, 0.3) is 0 Å². The smallest absolute Gasteiger partial charge is 0.202 e. The molecule has 9 N–H and O–H groups in total. The second kappa shape index (κ2) is 10.3. The molecule has 0 radical (unpaired) electrons. The van der Waals surface area contributed by atoms with Crippen LogP contribution in [-0.4, -0.2) is 65.3 Å². The average molecular weight is 593 g/mol. The Labute approximate surface area is 244 Å². The minimum absolute atomic E-state index is 0.00882. The van der Waals surface area contributed by atoms with E-state index < -0.39 is 59.1 Å². The lowest BCUT2D eigenvalue weighted by Gasteiger charge is -2.40. The summed E-state index contributed by atoms with van der Waals surface area (Å²) in [6.07, 6.45) is -5.33. The van der Waals surface area contributed by atoms with Crippen molar-refractivity contribution in [2.75, 3.05) is 7.11 Å². The predicted octanol–water partition coefficient (Wildman–Crippen LogP) is 3.30. The Morgan fingerprint density at radius 2 is 1.30 bits per heavy atom. The average Bonchev–Trinajstić information content (AvgIpc) is 2.94. The Morgan fingerprint density at radius 3 is 1.95 bits per heavy atom. The molecule has 0 spiro atoms. The van der Waals surface area contributed by atoms with Crippen LogP contribution in [0.3, 0.4) is 0 Å². The van der Waals surface area contributed by atoms with Gasteiger partial charge in [0.15, 0.2) is 23.7 Å². The van der Waals surface area contributed by atoms with Gasteiger partial charge in [-0.2, -0.15) is 0 Å². The van der Waals surface area contributed by atoms with Crippen LogP contribution in [0.4, 0.5) is 0 Å². The van der Waals surface area contributed by atoms with E-state index >= 15 is 0 Å². The van der Waals surface area contributed by atoms with Crippen LogP contribution in [0.15, 0.2) is 54.6 Å². The molecule has 4 aromatic rings. The molecule has 4 aromatic carbocycles. The summed E-state index contributed by atoms with van der Waals surface area (Å²) in [7, 11) is 1.26. The van der Waals surface area contributed by atoms with Gasteiger partial charge < -0.3 is 60.2 Å².